The van der Waals surface area contributed by atoms with Crippen molar-refractivity contribution in [3.8, 4) is 0 Å². The first-order chi connectivity index (χ1) is 7.68. The number of halogens is 1. The van der Waals surface area contributed by atoms with Gasteiger partial charge in [0.1, 0.15) is 12.1 Å². The van der Waals surface area contributed by atoms with Crippen LogP contribution in [0, 0.1) is 5.82 Å². The van der Waals surface area contributed by atoms with Crippen LogP contribution >= 0.6 is 11.8 Å². The SMILES string of the molecule is CC(O)c1cccc(F)c1Sc1ncco1. The molecule has 0 saturated heterocycles. The predicted octanol–water partition coefficient (Wildman–Crippen LogP) is 3.02. The highest BCUT2D eigenvalue weighted by molar-refractivity contribution is 7.99. The molecule has 0 spiro atoms. The van der Waals surface area contributed by atoms with Gasteiger partial charge < -0.3 is 9.52 Å². The number of rotatable bonds is 3. The molecule has 84 valence electrons. The molecular formula is C11H10FNO2S. The normalized spacial score (nSPS) is 12.7. The summed E-state index contributed by atoms with van der Waals surface area (Å²) in [4.78, 5) is 4.25. The Bertz CT molecular complexity index is 471. The van der Waals surface area contributed by atoms with Gasteiger partial charge in [-0.1, -0.05) is 12.1 Å². The third-order valence-corrected chi connectivity index (χ3v) is 3.06. The van der Waals surface area contributed by atoms with E-state index in [9.17, 15) is 9.50 Å². The van der Waals surface area contributed by atoms with Crippen molar-refractivity contribution >= 4 is 11.8 Å². The van der Waals surface area contributed by atoms with Gasteiger partial charge in [0.25, 0.3) is 5.22 Å². The largest absolute Gasteiger partial charge is 0.440 e. The van der Waals surface area contributed by atoms with E-state index in [2.05, 4.69) is 4.98 Å². The predicted molar refractivity (Wildman–Crippen MR) is 57.7 cm³/mol. The zero-order chi connectivity index (χ0) is 11.5. The molecule has 1 heterocycles. The molecule has 0 fully saturated rings. The number of nitrogens with zero attached hydrogens (tertiary/aromatic N) is 1. The van der Waals surface area contributed by atoms with Crippen molar-refractivity contribution < 1.29 is 13.9 Å². The van der Waals surface area contributed by atoms with Crippen LogP contribution in [0.4, 0.5) is 4.39 Å². The summed E-state index contributed by atoms with van der Waals surface area (Å²) < 4.78 is 18.6. The Labute approximate surface area is 96.3 Å². The zero-order valence-corrected chi connectivity index (χ0v) is 9.37. The van der Waals surface area contributed by atoms with Gasteiger partial charge in [0, 0.05) is 0 Å². The van der Waals surface area contributed by atoms with Crippen LogP contribution < -0.4 is 0 Å². The van der Waals surface area contributed by atoms with Gasteiger partial charge in [-0.05, 0) is 30.3 Å². The van der Waals surface area contributed by atoms with E-state index < -0.39 is 6.10 Å². The van der Waals surface area contributed by atoms with Crippen LogP contribution in [-0.2, 0) is 0 Å². The van der Waals surface area contributed by atoms with Gasteiger partial charge in [-0.25, -0.2) is 9.37 Å². The average Bonchev–Trinajstić information content (AvgIpc) is 2.73. The number of benzene rings is 1. The zero-order valence-electron chi connectivity index (χ0n) is 8.55. The molecule has 1 atom stereocenters. The Morgan fingerprint density at radius 3 is 2.94 bits per heavy atom. The molecule has 0 bridgehead atoms. The van der Waals surface area contributed by atoms with Gasteiger partial charge >= 0.3 is 0 Å². The number of aromatic nitrogens is 1. The third kappa shape index (κ3) is 2.25. The van der Waals surface area contributed by atoms with Crippen molar-refractivity contribution in [1.29, 1.82) is 0 Å². The first-order valence-corrected chi connectivity index (χ1v) is 5.54. The van der Waals surface area contributed by atoms with E-state index in [0.29, 0.717) is 15.7 Å². The molecule has 0 aliphatic carbocycles. The van der Waals surface area contributed by atoms with E-state index in [-0.39, 0.29) is 5.82 Å². The molecule has 0 amide bonds. The molecule has 1 aromatic carbocycles. The Morgan fingerprint density at radius 2 is 2.31 bits per heavy atom. The minimum absolute atomic E-state index is 0.347. The fraction of sp³-hybridized carbons (Fsp3) is 0.182. The summed E-state index contributed by atoms with van der Waals surface area (Å²) in [5, 5.41) is 9.88. The Kier molecular flexibility index (Phi) is 3.26. The van der Waals surface area contributed by atoms with Gasteiger partial charge in [-0.15, -0.1) is 0 Å². The van der Waals surface area contributed by atoms with Crippen LogP contribution in [0.2, 0.25) is 0 Å². The summed E-state index contributed by atoms with van der Waals surface area (Å²) in [5.41, 5.74) is 0.531. The minimum atomic E-state index is -0.729. The maximum absolute atomic E-state index is 13.6. The molecule has 0 aliphatic rings. The second-order valence-electron chi connectivity index (χ2n) is 3.23. The van der Waals surface area contributed by atoms with Crippen LogP contribution in [0.15, 0.2) is 45.2 Å². The van der Waals surface area contributed by atoms with Gasteiger partial charge in [0.05, 0.1) is 17.2 Å². The topological polar surface area (TPSA) is 46.3 Å². The summed E-state index contributed by atoms with van der Waals surface area (Å²) in [6.07, 6.45) is 2.18. The van der Waals surface area contributed by atoms with Crippen molar-refractivity contribution in [3.05, 3.63) is 42.0 Å². The molecule has 16 heavy (non-hydrogen) atoms. The molecule has 3 nitrogen and oxygen atoms in total. The second-order valence-corrected chi connectivity index (χ2v) is 4.20. The lowest BCUT2D eigenvalue weighted by Crippen LogP contribution is -1.96. The lowest BCUT2D eigenvalue weighted by atomic mass is 10.1. The summed E-state index contributed by atoms with van der Waals surface area (Å²) in [7, 11) is 0. The number of hydrogen-bond acceptors (Lipinski definition) is 4. The van der Waals surface area contributed by atoms with Crippen molar-refractivity contribution in [3.63, 3.8) is 0 Å². The van der Waals surface area contributed by atoms with Crippen LogP contribution in [-0.4, -0.2) is 10.1 Å². The average molecular weight is 239 g/mol. The summed E-state index contributed by atoms with van der Waals surface area (Å²) >= 11 is 1.06. The Hall–Kier alpha value is -1.33. The molecule has 1 unspecified atom stereocenters. The van der Waals surface area contributed by atoms with Gasteiger partial charge in [0.15, 0.2) is 0 Å². The van der Waals surface area contributed by atoms with Crippen molar-refractivity contribution in [2.24, 2.45) is 0 Å². The first kappa shape index (κ1) is 11.2. The highest BCUT2D eigenvalue weighted by Gasteiger charge is 2.15. The highest BCUT2D eigenvalue weighted by atomic mass is 32.2. The van der Waals surface area contributed by atoms with Crippen molar-refractivity contribution in [2.45, 2.75) is 23.1 Å². The fourth-order valence-corrected chi connectivity index (χ4v) is 2.22. The number of aliphatic hydroxyl groups excluding tert-OH is 1. The quantitative estimate of drug-likeness (QED) is 0.894. The maximum Gasteiger partial charge on any atom is 0.260 e. The molecule has 0 saturated carbocycles. The molecule has 1 aromatic heterocycles. The van der Waals surface area contributed by atoms with Crippen LogP contribution in [0.1, 0.15) is 18.6 Å². The fourth-order valence-electron chi connectivity index (χ4n) is 1.31. The number of oxazole rings is 1. The van der Waals surface area contributed by atoms with Crippen molar-refractivity contribution in [2.75, 3.05) is 0 Å². The molecule has 1 N–H and O–H groups in total. The Morgan fingerprint density at radius 1 is 1.50 bits per heavy atom. The van der Waals surface area contributed by atoms with Crippen LogP contribution in [0.3, 0.4) is 0 Å². The standard InChI is InChI=1S/C11H10FNO2S/c1-7(14)8-3-2-4-9(12)10(8)16-11-13-5-6-15-11/h2-7,14H,1H3. The van der Waals surface area contributed by atoms with E-state index in [4.69, 9.17) is 4.42 Å². The number of hydrogen-bond donors (Lipinski definition) is 1. The minimum Gasteiger partial charge on any atom is -0.440 e. The van der Waals surface area contributed by atoms with E-state index in [0.717, 1.165) is 11.8 Å². The van der Waals surface area contributed by atoms with Crippen LogP contribution in [0.5, 0.6) is 0 Å². The molecule has 2 aromatic rings. The van der Waals surface area contributed by atoms with E-state index in [1.165, 1.54) is 18.5 Å². The summed E-state index contributed by atoms with van der Waals surface area (Å²) in [5.74, 6) is -0.387. The van der Waals surface area contributed by atoms with Crippen molar-refractivity contribution in [1.82, 2.24) is 4.98 Å². The maximum atomic E-state index is 13.6. The molecular weight excluding hydrogens is 229 g/mol. The van der Waals surface area contributed by atoms with Gasteiger partial charge in [0.2, 0.25) is 0 Å². The van der Waals surface area contributed by atoms with E-state index in [1.807, 2.05) is 0 Å². The number of aliphatic hydroxyl groups is 1. The molecule has 0 radical (unpaired) electrons. The smallest absolute Gasteiger partial charge is 0.260 e. The Balaban J connectivity index is 2.38. The highest BCUT2D eigenvalue weighted by Crippen LogP contribution is 2.34. The molecule has 0 aliphatic heterocycles. The second kappa shape index (κ2) is 4.67. The van der Waals surface area contributed by atoms with E-state index >= 15 is 0 Å². The van der Waals surface area contributed by atoms with Gasteiger partial charge in [-0.3, -0.25) is 0 Å². The first-order valence-electron chi connectivity index (χ1n) is 4.72. The lowest BCUT2D eigenvalue weighted by molar-refractivity contribution is 0.195. The van der Waals surface area contributed by atoms with E-state index in [1.54, 1.807) is 19.1 Å². The van der Waals surface area contributed by atoms with Gasteiger partial charge in [-0.2, -0.15) is 0 Å². The molecule has 5 heteroatoms. The summed E-state index contributed by atoms with van der Waals surface area (Å²) in [6, 6.07) is 4.59. The molecule has 2 rings (SSSR count). The lowest BCUT2D eigenvalue weighted by Gasteiger charge is -2.10. The summed E-state index contributed by atoms with van der Waals surface area (Å²) in [6.45, 7) is 1.59. The third-order valence-electron chi connectivity index (χ3n) is 2.05. The monoisotopic (exact) mass is 239 g/mol. The van der Waals surface area contributed by atoms with Crippen LogP contribution in [0.25, 0.3) is 0 Å².